The van der Waals surface area contributed by atoms with Crippen LogP contribution in [0.1, 0.15) is 19.3 Å². The summed E-state index contributed by atoms with van der Waals surface area (Å²) in [5.41, 5.74) is 0. The fourth-order valence-corrected chi connectivity index (χ4v) is 4.41. The minimum Gasteiger partial charge on any atom is -0.492 e. The average molecular weight is 346 g/mol. The Morgan fingerprint density at radius 1 is 1.36 bits per heavy atom. The predicted molar refractivity (Wildman–Crippen MR) is 86.0 cm³/mol. The summed E-state index contributed by atoms with van der Waals surface area (Å²) in [5, 5.41) is 3.34. The van der Waals surface area contributed by atoms with Crippen molar-refractivity contribution < 1.29 is 17.9 Å². The van der Waals surface area contributed by atoms with E-state index in [1.54, 1.807) is 12.1 Å². The van der Waals surface area contributed by atoms with Gasteiger partial charge >= 0.3 is 0 Å². The molecular weight excluding hydrogens is 326 g/mol. The summed E-state index contributed by atoms with van der Waals surface area (Å²) in [6, 6.07) is 7.19. The average Bonchev–Trinajstić information content (AvgIpc) is 2.82. The lowest BCUT2D eigenvalue weighted by molar-refractivity contribution is -0.121. The van der Waals surface area contributed by atoms with E-state index in [-0.39, 0.29) is 23.3 Å². The number of halogens is 1. The van der Waals surface area contributed by atoms with Gasteiger partial charge in [0.25, 0.3) is 0 Å². The molecule has 1 fully saturated rings. The Morgan fingerprint density at radius 2 is 2.14 bits per heavy atom. The molecule has 0 spiro atoms. The fraction of sp³-hybridized carbons (Fsp3) is 0.533. The summed E-state index contributed by atoms with van der Waals surface area (Å²) < 4.78 is 28.1. The summed E-state index contributed by atoms with van der Waals surface area (Å²) >= 11 is 5.96. The highest BCUT2D eigenvalue weighted by Gasteiger charge is 2.27. The zero-order valence-electron chi connectivity index (χ0n) is 12.3. The molecule has 1 heterocycles. The number of ether oxygens (including phenoxy) is 1. The molecule has 1 N–H and O–H groups in total. The van der Waals surface area contributed by atoms with E-state index in [1.807, 2.05) is 12.1 Å². The van der Waals surface area contributed by atoms with E-state index in [4.69, 9.17) is 16.3 Å². The molecule has 1 amide bonds. The van der Waals surface area contributed by atoms with Crippen LogP contribution < -0.4 is 10.1 Å². The van der Waals surface area contributed by atoms with Gasteiger partial charge in [0.1, 0.15) is 5.75 Å². The Bertz CT molecular complexity index is 618. The fourth-order valence-electron chi connectivity index (χ4n) is 2.36. The number of carbonyl (C=O) groups is 1. The second kappa shape index (κ2) is 7.83. The first-order valence-corrected chi connectivity index (χ1v) is 9.51. The van der Waals surface area contributed by atoms with Crippen LogP contribution in [0.3, 0.4) is 0 Å². The molecule has 1 aromatic rings. The normalized spacial score (nSPS) is 19.8. The molecule has 7 heteroatoms. The Labute approximate surface area is 135 Å². The van der Waals surface area contributed by atoms with Crippen molar-refractivity contribution >= 4 is 27.3 Å². The highest BCUT2D eigenvalue weighted by molar-refractivity contribution is 7.91. The van der Waals surface area contributed by atoms with E-state index in [1.165, 1.54) is 0 Å². The van der Waals surface area contributed by atoms with Gasteiger partial charge in [0.15, 0.2) is 9.84 Å². The van der Waals surface area contributed by atoms with E-state index >= 15 is 0 Å². The van der Waals surface area contributed by atoms with Crippen LogP contribution in [0.25, 0.3) is 0 Å². The Hall–Kier alpha value is -1.27. The minimum absolute atomic E-state index is 0.0494. The van der Waals surface area contributed by atoms with Crippen LogP contribution in [-0.4, -0.2) is 39.0 Å². The van der Waals surface area contributed by atoms with E-state index in [0.29, 0.717) is 43.2 Å². The second-order valence-corrected chi connectivity index (χ2v) is 8.09. The molecular formula is C15H20ClNO4S. The number of rotatable bonds is 7. The summed E-state index contributed by atoms with van der Waals surface area (Å²) in [6.07, 6.45) is 1.57. The molecule has 1 aliphatic heterocycles. The maximum Gasteiger partial charge on any atom is 0.220 e. The highest BCUT2D eigenvalue weighted by Crippen LogP contribution is 2.23. The summed E-state index contributed by atoms with van der Waals surface area (Å²) in [7, 11) is -2.88. The number of nitrogens with one attached hydrogen (secondary N) is 1. The first-order chi connectivity index (χ1) is 10.5. The van der Waals surface area contributed by atoms with Gasteiger partial charge in [0.05, 0.1) is 23.1 Å². The van der Waals surface area contributed by atoms with Crippen LogP contribution in [0.2, 0.25) is 5.02 Å². The number of amides is 1. The monoisotopic (exact) mass is 345 g/mol. The zero-order chi connectivity index (χ0) is 16.0. The molecule has 1 atom stereocenters. The van der Waals surface area contributed by atoms with E-state index in [0.717, 1.165) is 0 Å². The SMILES string of the molecule is O=C(CCCOc1ccccc1Cl)NC[C@H]1CCS(=O)(=O)C1. The number of hydrogen-bond acceptors (Lipinski definition) is 4. The molecule has 0 aromatic heterocycles. The van der Waals surface area contributed by atoms with E-state index in [9.17, 15) is 13.2 Å². The van der Waals surface area contributed by atoms with Crippen molar-refractivity contribution in [1.29, 1.82) is 0 Å². The van der Waals surface area contributed by atoms with Gasteiger partial charge in [-0.25, -0.2) is 8.42 Å². The number of hydrogen-bond donors (Lipinski definition) is 1. The van der Waals surface area contributed by atoms with Gasteiger partial charge in [-0.2, -0.15) is 0 Å². The third-order valence-electron chi connectivity index (χ3n) is 3.56. The lowest BCUT2D eigenvalue weighted by Crippen LogP contribution is -2.29. The van der Waals surface area contributed by atoms with Gasteiger partial charge in [-0.15, -0.1) is 0 Å². The standard InChI is InChI=1S/C15H20ClNO4S/c16-13-4-1-2-5-14(13)21-8-3-6-15(18)17-10-12-7-9-22(19,20)11-12/h1-2,4-5,12H,3,6-11H2,(H,17,18)/t12-/m1/s1. The van der Waals surface area contributed by atoms with Gasteiger partial charge in [-0.3, -0.25) is 4.79 Å². The first-order valence-electron chi connectivity index (χ1n) is 7.31. The Morgan fingerprint density at radius 3 is 2.82 bits per heavy atom. The zero-order valence-corrected chi connectivity index (χ0v) is 13.8. The van der Waals surface area contributed by atoms with Gasteiger partial charge in [0, 0.05) is 13.0 Å². The van der Waals surface area contributed by atoms with Crippen LogP contribution in [0.15, 0.2) is 24.3 Å². The largest absolute Gasteiger partial charge is 0.492 e. The van der Waals surface area contributed by atoms with Crippen LogP contribution in [0, 0.1) is 5.92 Å². The van der Waals surface area contributed by atoms with Crippen molar-refractivity contribution in [3.63, 3.8) is 0 Å². The molecule has 5 nitrogen and oxygen atoms in total. The van der Waals surface area contributed by atoms with Gasteiger partial charge < -0.3 is 10.1 Å². The molecule has 0 saturated carbocycles. The lowest BCUT2D eigenvalue weighted by Gasteiger charge is -2.10. The van der Waals surface area contributed by atoms with Crippen molar-refractivity contribution in [2.45, 2.75) is 19.3 Å². The maximum atomic E-state index is 11.7. The molecule has 2 rings (SSSR count). The summed E-state index contributed by atoms with van der Waals surface area (Å²) in [5.74, 6) is 1.00. The molecule has 22 heavy (non-hydrogen) atoms. The first kappa shape index (κ1) is 17.1. The summed E-state index contributed by atoms with van der Waals surface area (Å²) in [6.45, 7) is 0.846. The van der Waals surface area contributed by atoms with Crippen molar-refractivity contribution in [3.05, 3.63) is 29.3 Å². The molecule has 0 bridgehead atoms. The smallest absolute Gasteiger partial charge is 0.220 e. The molecule has 122 valence electrons. The van der Waals surface area contributed by atoms with E-state index < -0.39 is 9.84 Å². The molecule has 1 aromatic carbocycles. The molecule has 0 aliphatic carbocycles. The van der Waals surface area contributed by atoms with Gasteiger partial charge in [-0.05, 0) is 30.9 Å². The third-order valence-corrected chi connectivity index (χ3v) is 5.71. The predicted octanol–water partition coefficient (Wildman–Crippen LogP) is 2.05. The van der Waals surface area contributed by atoms with Crippen molar-refractivity contribution in [2.75, 3.05) is 24.7 Å². The quantitative estimate of drug-likeness (QED) is 0.768. The second-order valence-electron chi connectivity index (χ2n) is 5.46. The number of benzene rings is 1. The number of para-hydroxylation sites is 1. The maximum absolute atomic E-state index is 11.7. The number of carbonyl (C=O) groups excluding carboxylic acids is 1. The third kappa shape index (κ3) is 5.50. The van der Waals surface area contributed by atoms with Crippen LogP contribution in [0.4, 0.5) is 0 Å². The van der Waals surface area contributed by atoms with Crippen LogP contribution in [-0.2, 0) is 14.6 Å². The highest BCUT2D eigenvalue weighted by atomic mass is 35.5. The van der Waals surface area contributed by atoms with Gasteiger partial charge in [0.2, 0.25) is 5.91 Å². The Kier molecular flexibility index (Phi) is 6.08. The minimum atomic E-state index is -2.88. The summed E-state index contributed by atoms with van der Waals surface area (Å²) in [4.78, 5) is 11.7. The van der Waals surface area contributed by atoms with Crippen LogP contribution >= 0.6 is 11.6 Å². The van der Waals surface area contributed by atoms with E-state index in [2.05, 4.69) is 5.32 Å². The van der Waals surface area contributed by atoms with Crippen molar-refractivity contribution in [1.82, 2.24) is 5.32 Å². The van der Waals surface area contributed by atoms with Crippen LogP contribution in [0.5, 0.6) is 5.75 Å². The van der Waals surface area contributed by atoms with Crippen molar-refractivity contribution in [3.8, 4) is 5.75 Å². The topological polar surface area (TPSA) is 72.5 Å². The Balaban J connectivity index is 1.59. The molecule has 0 radical (unpaired) electrons. The molecule has 1 aliphatic rings. The van der Waals surface area contributed by atoms with Crippen molar-refractivity contribution in [2.24, 2.45) is 5.92 Å². The van der Waals surface area contributed by atoms with Gasteiger partial charge in [-0.1, -0.05) is 23.7 Å². The number of sulfone groups is 1. The molecule has 0 unspecified atom stereocenters. The lowest BCUT2D eigenvalue weighted by atomic mass is 10.1. The molecule has 1 saturated heterocycles.